The molecule has 0 heterocycles. The maximum atomic E-state index is 13.8. The fourth-order valence-corrected chi connectivity index (χ4v) is 1.74. The van der Waals surface area contributed by atoms with E-state index in [2.05, 4.69) is 9.47 Å². The smallest absolute Gasteiger partial charge is 0.469 e. The van der Waals surface area contributed by atoms with Crippen LogP contribution in [0.15, 0.2) is 18.2 Å². The van der Waals surface area contributed by atoms with Crippen LogP contribution in [0.25, 0.3) is 0 Å². The van der Waals surface area contributed by atoms with Crippen LogP contribution in [0.5, 0.6) is 5.75 Å². The van der Waals surface area contributed by atoms with Gasteiger partial charge in [-0.3, -0.25) is 4.79 Å². The molecule has 0 saturated carbocycles. The monoisotopic (exact) mass is 345 g/mol. The molecule has 2 N–H and O–H groups in total. The maximum Gasteiger partial charge on any atom is 0.573 e. The number of ether oxygens (including phenoxy) is 2. The number of methoxy groups -OCH3 is 1. The van der Waals surface area contributed by atoms with Gasteiger partial charge in [-0.15, -0.1) is 25.6 Å². The lowest BCUT2D eigenvalue weighted by Crippen LogP contribution is -2.37. The van der Waals surface area contributed by atoms with Crippen molar-refractivity contribution < 1.29 is 31.8 Å². The van der Waals surface area contributed by atoms with E-state index in [-0.39, 0.29) is 18.0 Å². The number of halogens is 5. The van der Waals surface area contributed by atoms with Crippen molar-refractivity contribution >= 4 is 18.4 Å². The van der Waals surface area contributed by atoms with Crippen LogP contribution in [0.1, 0.15) is 25.5 Å². The number of hydrogen-bond acceptors (Lipinski definition) is 4. The summed E-state index contributed by atoms with van der Waals surface area (Å²) in [4.78, 5) is 11.6. The minimum absolute atomic E-state index is 0. The maximum absolute atomic E-state index is 13.8. The molecule has 0 aliphatic rings. The third kappa shape index (κ3) is 4.74. The lowest BCUT2D eigenvalue weighted by molar-refractivity contribution is -0.274. The van der Waals surface area contributed by atoms with Crippen LogP contribution in [0.2, 0.25) is 0 Å². The van der Waals surface area contributed by atoms with Crippen LogP contribution in [0.3, 0.4) is 0 Å². The normalized spacial score (nSPS) is 13.1. The highest BCUT2D eigenvalue weighted by Gasteiger charge is 2.38. The number of benzene rings is 1. The SMILES string of the molecule is COC(=O)C(C)(C)[C@H](N)c1cc(OC(F)(F)F)ccc1F.Cl. The predicted octanol–water partition coefficient (Wildman–Crippen LogP) is 3.35. The Morgan fingerprint density at radius 1 is 1.27 bits per heavy atom. The molecule has 22 heavy (non-hydrogen) atoms. The lowest BCUT2D eigenvalue weighted by atomic mass is 9.81. The van der Waals surface area contributed by atoms with Gasteiger partial charge in [0.1, 0.15) is 11.6 Å². The Balaban J connectivity index is 0.00000441. The molecule has 1 atom stereocenters. The van der Waals surface area contributed by atoms with E-state index >= 15 is 0 Å². The molecule has 0 fully saturated rings. The number of nitrogens with two attached hydrogens (primary N) is 1. The van der Waals surface area contributed by atoms with E-state index in [0.29, 0.717) is 0 Å². The molecule has 1 rings (SSSR count). The molecule has 0 amide bonds. The van der Waals surface area contributed by atoms with E-state index in [9.17, 15) is 22.4 Å². The number of alkyl halides is 3. The third-order valence-electron chi connectivity index (χ3n) is 3.03. The number of esters is 1. The van der Waals surface area contributed by atoms with Crippen LogP contribution in [-0.2, 0) is 9.53 Å². The molecule has 0 spiro atoms. The molecule has 1 aromatic carbocycles. The fourth-order valence-electron chi connectivity index (χ4n) is 1.74. The van der Waals surface area contributed by atoms with Gasteiger partial charge in [-0.25, -0.2) is 4.39 Å². The molecule has 0 aliphatic carbocycles. The van der Waals surface area contributed by atoms with Gasteiger partial charge < -0.3 is 15.2 Å². The average Bonchev–Trinajstić information content (AvgIpc) is 2.37. The molecule has 0 unspecified atom stereocenters. The summed E-state index contributed by atoms with van der Waals surface area (Å²) in [6, 6.07) is 1.23. The van der Waals surface area contributed by atoms with Gasteiger partial charge in [0, 0.05) is 11.6 Å². The van der Waals surface area contributed by atoms with Crippen molar-refractivity contribution in [3.05, 3.63) is 29.6 Å². The Kier molecular flexibility index (Phi) is 6.65. The molecule has 126 valence electrons. The van der Waals surface area contributed by atoms with Crippen molar-refractivity contribution in [1.82, 2.24) is 0 Å². The number of hydrogen-bond donors (Lipinski definition) is 1. The second kappa shape index (κ2) is 7.15. The highest BCUT2D eigenvalue weighted by Crippen LogP contribution is 2.36. The summed E-state index contributed by atoms with van der Waals surface area (Å²) in [5, 5.41) is 0. The molecule has 0 saturated heterocycles. The molecule has 0 aromatic heterocycles. The molecule has 9 heteroatoms. The van der Waals surface area contributed by atoms with E-state index < -0.39 is 35.4 Å². The summed E-state index contributed by atoms with van der Waals surface area (Å²) in [6.45, 7) is 2.81. The predicted molar refractivity (Wildman–Crippen MR) is 73.1 cm³/mol. The van der Waals surface area contributed by atoms with Crippen LogP contribution < -0.4 is 10.5 Å². The standard InChI is InChI=1S/C13H15F4NO3.ClH/c1-12(2,11(19)20-3)10(18)8-6-7(4-5-9(8)14)21-13(15,16)17;/h4-6,10H,18H2,1-3H3;1H/t10-;/m1./s1. The zero-order valence-electron chi connectivity index (χ0n) is 12.0. The molecule has 0 aliphatic heterocycles. The third-order valence-corrected chi connectivity index (χ3v) is 3.03. The zero-order valence-corrected chi connectivity index (χ0v) is 12.8. The van der Waals surface area contributed by atoms with Crippen molar-refractivity contribution in [1.29, 1.82) is 0 Å². The van der Waals surface area contributed by atoms with Gasteiger partial charge in [0.05, 0.1) is 12.5 Å². The Bertz CT molecular complexity index is 535. The summed E-state index contributed by atoms with van der Waals surface area (Å²) < 4.78 is 58.6. The zero-order chi connectivity index (χ0) is 16.4. The van der Waals surface area contributed by atoms with Gasteiger partial charge in [0.25, 0.3) is 0 Å². The van der Waals surface area contributed by atoms with Gasteiger partial charge in [0.2, 0.25) is 0 Å². The largest absolute Gasteiger partial charge is 0.573 e. The van der Waals surface area contributed by atoms with Gasteiger partial charge in [0.15, 0.2) is 0 Å². The first kappa shape index (κ1) is 20.5. The number of carbonyl (C=O) groups excluding carboxylic acids is 1. The van der Waals surface area contributed by atoms with Gasteiger partial charge in [-0.1, -0.05) is 0 Å². The number of carbonyl (C=O) groups is 1. The lowest BCUT2D eigenvalue weighted by Gasteiger charge is -2.29. The van der Waals surface area contributed by atoms with Crippen LogP contribution in [-0.4, -0.2) is 19.4 Å². The summed E-state index contributed by atoms with van der Waals surface area (Å²) in [7, 11) is 1.14. The van der Waals surface area contributed by atoms with Crippen LogP contribution >= 0.6 is 12.4 Å². The van der Waals surface area contributed by atoms with E-state index in [0.717, 1.165) is 25.3 Å². The molecule has 0 bridgehead atoms. The topological polar surface area (TPSA) is 61.5 Å². The summed E-state index contributed by atoms with van der Waals surface area (Å²) in [5.41, 5.74) is 4.21. The van der Waals surface area contributed by atoms with E-state index in [1.807, 2.05) is 0 Å². The fraction of sp³-hybridized carbons (Fsp3) is 0.462. The van der Waals surface area contributed by atoms with Gasteiger partial charge in [-0.05, 0) is 32.0 Å². The summed E-state index contributed by atoms with van der Waals surface area (Å²) in [5.74, 6) is -2.17. The molecule has 4 nitrogen and oxygen atoms in total. The van der Waals surface area contributed by atoms with Crippen molar-refractivity contribution in [2.24, 2.45) is 11.1 Å². The van der Waals surface area contributed by atoms with Crippen molar-refractivity contribution in [2.75, 3.05) is 7.11 Å². The second-order valence-corrected chi connectivity index (χ2v) is 4.92. The van der Waals surface area contributed by atoms with E-state index in [1.54, 1.807) is 0 Å². The average molecular weight is 346 g/mol. The highest BCUT2D eigenvalue weighted by atomic mass is 35.5. The first-order chi connectivity index (χ1) is 9.49. The Hall–Kier alpha value is -1.54. The molecule has 1 aromatic rings. The molecular formula is C13H16ClF4NO3. The van der Waals surface area contributed by atoms with Crippen molar-refractivity contribution in [2.45, 2.75) is 26.3 Å². The first-order valence-corrected chi connectivity index (χ1v) is 5.88. The van der Waals surface area contributed by atoms with Crippen LogP contribution in [0, 0.1) is 11.2 Å². The number of rotatable bonds is 4. The minimum Gasteiger partial charge on any atom is -0.469 e. The van der Waals surface area contributed by atoms with E-state index in [4.69, 9.17) is 5.73 Å². The second-order valence-electron chi connectivity index (χ2n) is 4.92. The Labute approximate surface area is 131 Å². The summed E-state index contributed by atoms with van der Waals surface area (Å²) >= 11 is 0. The quantitative estimate of drug-likeness (QED) is 0.671. The minimum atomic E-state index is -4.91. The van der Waals surface area contributed by atoms with Crippen molar-refractivity contribution in [3.63, 3.8) is 0 Å². The highest BCUT2D eigenvalue weighted by molar-refractivity contribution is 5.85. The van der Waals surface area contributed by atoms with E-state index in [1.165, 1.54) is 13.8 Å². The Morgan fingerprint density at radius 2 is 1.82 bits per heavy atom. The molecular weight excluding hydrogens is 330 g/mol. The molecule has 0 radical (unpaired) electrons. The van der Waals surface area contributed by atoms with Crippen LogP contribution in [0.4, 0.5) is 17.6 Å². The van der Waals surface area contributed by atoms with Crippen molar-refractivity contribution in [3.8, 4) is 5.75 Å². The Morgan fingerprint density at radius 3 is 2.27 bits per heavy atom. The van der Waals surface area contributed by atoms with Gasteiger partial charge >= 0.3 is 12.3 Å². The summed E-state index contributed by atoms with van der Waals surface area (Å²) in [6.07, 6.45) is -4.91. The first-order valence-electron chi connectivity index (χ1n) is 5.88. The van der Waals surface area contributed by atoms with Gasteiger partial charge in [-0.2, -0.15) is 0 Å².